The molecule has 2 amide bonds. The van der Waals surface area contributed by atoms with E-state index in [9.17, 15) is 9.59 Å². The van der Waals surface area contributed by atoms with Crippen molar-refractivity contribution in [2.75, 3.05) is 19.6 Å². The Morgan fingerprint density at radius 3 is 2.55 bits per heavy atom. The van der Waals surface area contributed by atoms with Crippen LogP contribution in [0.25, 0.3) is 0 Å². The third-order valence-corrected chi connectivity index (χ3v) is 4.18. The smallest absolute Gasteiger partial charge is 0.245 e. The Morgan fingerprint density at radius 1 is 1.15 bits per heavy atom. The van der Waals surface area contributed by atoms with Gasteiger partial charge in [0.2, 0.25) is 11.8 Å². The Kier molecular flexibility index (Phi) is 6.76. The predicted molar refractivity (Wildman–Crippen MR) is 80.7 cm³/mol. The average molecular weight is 304 g/mol. The number of rotatable bonds is 2. The highest BCUT2D eigenvalue weighted by Gasteiger charge is 2.35. The lowest BCUT2D eigenvalue weighted by molar-refractivity contribution is -0.148. The molecule has 2 rings (SSSR count). The first-order chi connectivity index (χ1) is 9.13. The number of carbonyl (C=O) groups is 2. The maximum absolute atomic E-state index is 12.6. The monoisotopic (exact) mass is 303 g/mol. The van der Waals surface area contributed by atoms with Crippen molar-refractivity contribution in [2.45, 2.75) is 57.5 Å². The van der Waals surface area contributed by atoms with E-state index in [1.165, 1.54) is 0 Å². The molecular weight excluding hydrogens is 278 g/mol. The summed E-state index contributed by atoms with van der Waals surface area (Å²) in [7, 11) is 0. The first-order valence-corrected chi connectivity index (χ1v) is 7.47. The lowest BCUT2D eigenvalue weighted by Gasteiger charge is -2.39. The van der Waals surface area contributed by atoms with E-state index in [1.54, 1.807) is 4.90 Å². The van der Waals surface area contributed by atoms with Crippen LogP contribution >= 0.6 is 12.4 Å². The molecule has 6 heteroatoms. The van der Waals surface area contributed by atoms with Gasteiger partial charge in [0.05, 0.1) is 0 Å². The molecule has 0 aromatic heterocycles. The third-order valence-electron chi connectivity index (χ3n) is 4.18. The topological polar surface area (TPSA) is 66.6 Å². The molecular formula is C14H26ClN3O2. The summed E-state index contributed by atoms with van der Waals surface area (Å²) in [6.07, 6.45) is 5.28. The summed E-state index contributed by atoms with van der Waals surface area (Å²) in [5.74, 6) is 0.205. The second-order valence-corrected chi connectivity index (χ2v) is 5.64. The number of amides is 2. The Hall–Kier alpha value is -0.810. The van der Waals surface area contributed by atoms with Gasteiger partial charge in [-0.2, -0.15) is 0 Å². The number of nitrogens with two attached hydrogens (primary N) is 1. The Morgan fingerprint density at radius 2 is 1.90 bits per heavy atom. The number of likely N-dealkylation sites (tertiary alicyclic amines) is 2. The molecule has 2 aliphatic heterocycles. The number of nitrogens with zero attached hydrogens (tertiary/aromatic N) is 2. The molecule has 0 aromatic carbocycles. The van der Waals surface area contributed by atoms with Crippen molar-refractivity contribution in [2.24, 2.45) is 5.73 Å². The van der Waals surface area contributed by atoms with E-state index in [0.717, 1.165) is 45.2 Å². The SMILES string of the molecule is CCC(=O)N1CCCCC1C(=O)N1CCCC(N)C1.Cl. The van der Waals surface area contributed by atoms with Gasteiger partial charge in [-0.25, -0.2) is 0 Å². The zero-order valence-corrected chi connectivity index (χ0v) is 13.0. The van der Waals surface area contributed by atoms with E-state index < -0.39 is 0 Å². The van der Waals surface area contributed by atoms with Gasteiger partial charge < -0.3 is 15.5 Å². The predicted octanol–water partition coefficient (Wildman–Crippen LogP) is 1.15. The zero-order valence-electron chi connectivity index (χ0n) is 12.2. The van der Waals surface area contributed by atoms with Crippen LogP contribution in [-0.2, 0) is 9.59 Å². The van der Waals surface area contributed by atoms with Crippen molar-refractivity contribution in [1.82, 2.24) is 9.80 Å². The Labute approximate surface area is 127 Å². The van der Waals surface area contributed by atoms with Gasteiger partial charge in [-0.1, -0.05) is 6.92 Å². The summed E-state index contributed by atoms with van der Waals surface area (Å²) in [5, 5.41) is 0. The lowest BCUT2D eigenvalue weighted by Crippen LogP contribution is -2.56. The quantitative estimate of drug-likeness (QED) is 0.832. The molecule has 2 aliphatic rings. The van der Waals surface area contributed by atoms with Crippen LogP contribution in [0.2, 0.25) is 0 Å². The van der Waals surface area contributed by atoms with Gasteiger partial charge in [0.15, 0.2) is 0 Å². The molecule has 2 unspecified atom stereocenters. The largest absolute Gasteiger partial charge is 0.339 e. The Balaban J connectivity index is 0.00000200. The summed E-state index contributed by atoms with van der Waals surface area (Å²) >= 11 is 0. The summed E-state index contributed by atoms with van der Waals surface area (Å²) in [6.45, 7) is 4.01. The normalized spacial score (nSPS) is 26.9. The van der Waals surface area contributed by atoms with E-state index >= 15 is 0 Å². The molecule has 0 spiro atoms. The molecule has 0 aromatic rings. The summed E-state index contributed by atoms with van der Waals surface area (Å²) in [5.41, 5.74) is 5.94. The van der Waals surface area contributed by atoms with Crippen molar-refractivity contribution in [3.8, 4) is 0 Å². The number of halogens is 1. The summed E-state index contributed by atoms with van der Waals surface area (Å²) in [4.78, 5) is 28.2. The minimum absolute atomic E-state index is 0. The van der Waals surface area contributed by atoms with Crippen LogP contribution in [0.5, 0.6) is 0 Å². The minimum Gasteiger partial charge on any atom is -0.339 e. The van der Waals surface area contributed by atoms with Crippen LogP contribution < -0.4 is 5.73 Å². The highest BCUT2D eigenvalue weighted by Crippen LogP contribution is 2.21. The lowest BCUT2D eigenvalue weighted by atomic mass is 9.98. The van der Waals surface area contributed by atoms with E-state index in [0.29, 0.717) is 13.0 Å². The van der Waals surface area contributed by atoms with Crippen LogP contribution in [0, 0.1) is 0 Å². The summed E-state index contributed by atoms with van der Waals surface area (Å²) in [6, 6.07) is -0.150. The number of hydrogen-bond acceptors (Lipinski definition) is 3. The van der Waals surface area contributed by atoms with Crippen molar-refractivity contribution in [3.63, 3.8) is 0 Å². The Bertz CT molecular complexity index is 351. The van der Waals surface area contributed by atoms with Crippen LogP contribution in [0.1, 0.15) is 45.4 Å². The average Bonchev–Trinajstić information content (AvgIpc) is 2.45. The molecule has 0 bridgehead atoms. The maximum Gasteiger partial charge on any atom is 0.245 e. The molecule has 20 heavy (non-hydrogen) atoms. The fourth-order valence-electron chi connectivity index (χ4n) is 3.11. The second kappa shape index (κ2) is 7.84. The minimum atomic E-state index is -0.244. The number of hydrogen-bond donors (Lipinski definition) is 1. The van der Waals surface area contributed by atoms with Gasteiger partial charge in [-0.3, -0.25) is 9.59 Å². The van der Waals surface area contributed by atoms with Gasteiger partial charge >= 0.3 is 0 Å². The molecule has 2 heterocycles. The number of carbonyl (C=O) groups excluding carboxylic acids is 2. The first kappa shape index (κ1) is 17.2. The van der Waals surface area contributed by atoms with Crippen LogP contribution in [0.15, 0.2) is 0 Å². The van der Waals surface area contributed by atoms with Gasteiger partial charge in [0.25, 0.3) is 0 Å². The van der Waals surface area contributed by atoms with Crippen molar-refractivity contribution in [1.29, 1.82) is 0 Å². The second-order valence-electron chi connectivity index (χ2n) is 5.64. The van der Waals surface area contributed by atoms with Crippen molar-refractivity contribution >= 4 is 24.2 Å². The molecule has 0 radical (unpaired) electrons. The fourth-order valence-corrected chi connectivity index (χ4v) is 3.11. The maximum atomic E-state index is 12.6. The van der Waals surface area contributed by atoms with E-state index in [1.807, 2.05) is 11.8 Å². The molecule has 2 atom stereocenters. The highest BCUT2D eigenvalue weighted by atomic mass is 35.5. The van der Waals surface area contributed by atoms with Gasteiger partial charge in [0, 0.05) is 32.1 Å². The number of piperidine rings is 2. The van der Waals surface area contributed by atoms with E-state index in [2.05, 4.69) is 0 Å². The fraction of sp³-hybridized carbons (Fsp3) is 0.857. The molecule has 0 saturated carbocycles. The summed E-state index contributed by atoms with van der Waals surface area (Å²) < 4.78 is 0. The molecule has 2 N–H and O–H groups in total. The van der Waals surface area contributed by atoms with Gasteiger partial charge in [-0.05, 0) is 32.1 Å². The first-order valence-electron chi connectivity index (χ1n) is 7.47. The van der Waals surface area contributed by atoms with Gasteiger partial charge in [0.1, 0.15) is 6.04 Å². The zero-order chi connectivity index (χ0) is 13.8. The third kappa shape index (κ3) is 3.85. The van der Waals surface area contributed by atoms with Gasteiger partial charge in [-0.15, -0.1) is 12.4 Å². The highest BCUT2D eigenvalue weighted by molar-refractivity contribution is 5.88. The van der Waals surface area contributed by atoms with Crippen LogP contribution in [-0.4, -0.2) is 53.3 Å². The van der Waals surface area contributed by atoms with Crippen molar-refractivity contribution in [3.05, 3.63) is 0 Å². The van der Waals surface area contributed by atoms with Crippen LogP contribution in [0.4, 0.5) is 0 Å². The van der Waals surface area contributed by atoms with Crippen LogP contribution in [0.3, 0.4) is 0 Å². The van der Waals surface area contributed by atoms with Crippen molar-refractivity contribution < 1.29 is 9.59 Å². The molecule has 5 nitrogen and oxygen atoms in total. The van der Waals surface area contributed by atoms with E-state index in [4.69, 9.17) is 5.73 Å². The molecule has 2 fully saturated rings. The van der Waals surface area contributed by atoms with E-state index in [-0.39, 0.29) is 36.3 Å². The molecule has 116 valence electrons. The molecule has 2 saturated heterocycles. The standard InChI is InChI=1S/C14H25N3O2.ClH/c1-2-13(18)17-9-4-3-7-12(17)14(19)16-8-5-6-11(15)10-16;/h11-12H,2-10,15H2,1H3;1H. The molecule has 0 aliphatic carbocycles.